The lowest BCUT2D eigenvalue weighted by molar-refractivity contribution is -0.136. The molecule has 0 aromatic heterocycles. The molecule has 112 valence electrons. The maximum atomic E-state index is 12.6. The summed E-state index contributed by atoms with van der Waals surface area (Å²) < 4.78 is 0. The number of hydrogen-bond acceptors (Lipinski definition) is 2. The van der Waals surface area contributed by atoms with E-state index in [4.69, 9.17) is 5.73 Å². The van der Waals surface area contributed by atoms with Gasteiger partial charge in [-0.1, -0.05) is 30.3 Å². The molecule has 20 heavy (non-hydrogen) atoms. The number of halogens is 1. The Labute approximate surface area is 127 Å². The van der Waals surface area contributed by atoms with Gasteiger partial charge in [-0.05, 0) is 32.3 Å². The SMILES string of the molecule is CCN(CC)C(=O)C(CN)C1(c2ccccc2)CC1.Cl. The number of rotatable bonds is 6. The van der Waals surface area contributed by atoms with E-state index in [0.29, 0.717) is 6.54 Å². The van der Waals surface area contributed by atoms with Crippen LogP contribution in [0.25, 0.3) is 0 Å². The average Bonchev–Trinajstić information content (AvgIpc) is 3.24. The standard InChI is InChI=1S/C16H24N2O.ClH/c1-3-18(4-2)15(19)14(12-17)16(10-11-16)13-8-6-5-7-9-13;/h5-9,14H,3-4,10-12,17H2,1-2H3;1H. The van der Waals surface area contributed by atoms with Gasteiger partial charge in [0.2, 0.25) is 5.91 Å². The van der Waals surface area contributed by atoms with Crippen LogP contribution in [0.4, 0.5) is 0 Å². The Morgan fingerprint density at radius 3 is 2.20 bits per heavy atom. The van der Waals surface area contributed by atoms with Crippen molar-refractivity contribution in [3.8, 4) is 0 Å². The molecule has 0 saturated heterocycles. The fourth-order valence-corrected chi connectivity index (χ4v) is 3.06. The zero-order valence-corrected chi connectivity index (χ0v) is 13.2. The molecule has 0 spiro atoms. The Kier molecular flexibility index (Phi) is 6.03. The quantitative estimate of drug-likeness (QED) is 0.877. The van der Waals surface area contributed by atoms with Gasteiger partial charge in [0, 0.05) is 25.0 Å². The van der Waals surface area contributed by atoms with Crippen LogP contribution in [0.1, 0.15) is 32.3 Å². The van der Waals surface area contributed by atoms with Crippen LogP contribution in [0.2, 0.25) is 0 Å². The predicted molar refractivity (Wildman–Crippen MR) is 85.1 cm³/mol. The molecule has 1 aromatic rings. The summed E-state index contributed by atoms with van der Waals surface area (Å²) in [7, 11) is 0. The van der Waals surface area contributed by atoms with Gasteiger partial charge in [-0.2, -0.15) is 0 Å². The van der Waals surface area contributed by atoms with E-state index in [-0.39, 0.29) is 29.6 Å². The molecule has 1 aliphatic rings. The van der Waals surface area contributed by atoms with Crippen molar-refractivity contribution in [3.63, 3.8) is 0 Å². The normalized spacial score (nSPS) is 16.9. The zero-order chi connectivity index (χ0) is 13.9. The third-order valence-corrected chi connectivity index (χ3v) is 4.41. The molecule has 1 saturated carbocycles. The summed E-state index contributed by atoms with van der Waals surface area (Å²) in [5.74, 6) is 0.142. The average molecular weight is 297 g/mol. The lowest BCUT2D eigenvalue weighted by atomic mass is 9.81. The molecule has 1 aromatic carbocycles. The number of carbonyl (C=O) groups is 1. The molecule has 1 atom stereocenters. The minimum absolute atomic E-state index is 0. The maximum absolute atomic E-state index is 12.6. The Balaban J connectivity index is 0.00000200. The molecule has 3 nitrogen and oxygen atoms in total. The topological polar surface area (TPSA) is 46.3 Å². The van der Waals surface area contributed by atoms with Crippen LogP contribution in [-0.2, 0) is 10.2 Å². The van der Waals surface area contributed by atoms with E-state index < -0.39 is 0 Å². The van der Waals surface area contributed by atoms with Gasteiger partial charge in [0.25, 0.3) is 0 Å². The Morgan fingerprint density at radius 1 is 1.25 bits per heavy atom. The number of benzene rings is 1. The largest absolute Gasteiger partial charge is 0.343 e. The number of nitrogens with two attached hydrogens (primary N) is 1. The van der Waals surface area contributed by atoms with Gasteiger partial charge in [-0.3, -0.25) is 4.79 Å². The maximum Gasteiger partial charge on any atom is 0.227 e. The van der Waals surface area contributed by atoms with E-state index in [1.807, 2.05) is 36.9 Å². The minimum atomic E-state index is -0.0743. The molecule has 2 N–H and O–H groups in total. The van der Waals surface area contributed by atoms with E-state index in [2.05, 4.69) is 12.1 Å². The first-order valence-electron chi connectivity index (χ1n) is 7.24. The Hall–Kier alpha value is -1.06. The molecule has 0 bridgehead atoms. The summed E-state index contributed by atoms with van der Waals surface area (Å²) in [6.07, 6.45) is 2.15. The first-order chi connectivity index (χ1) is 9.19. The second-order valence-corrected chi connectivity index (χ2v) is 5.32. The molecule has 4 heteroatoms. The molecular formula is C16H25ClN2O. The number of amides is 1. The van der Waals surface area contributed by atoms with Crippen molar-refractivity contribution in [1.82, 2.24) is 4.90 Å². The van der Waals surface area contributed by atoms with E-state index in [1.165, 1.54) is 5.56 Å². The van der Waals surface area contributed by atoms with Crippen LogP contribution in [-0.4, -0.2) is 30.4 Å². The van der Waals surface area contributed by atoms with Crippen LogP contribution < -0.4 is 5.73 Å². The van der Waals surface area contributed by atoms with E-state index in [0.717, 1.165) is 25.9 Å². The number of nitrogens with zero attached hydrogens (tertiary/aromatic N) is 1. The van der Waals surface area contributed by atoms with E-state index in [1.54, 1.807) is 0 Å². The van der Waals surface area contributed by atoms with Crippen LogP contribution in [0, 0.1) is 5.92 Å². The van der Waals surface area contributed by atoms with E-state index in [9.17, 15) is 4.79 Å². The smallest absolute Gasteiger partial charge is 0.227 e. The third-order valence-electron chi connectivity index (χ3n) is 4.41. The Bertz CT molecular complexity index is 427. The fourth-order valence-electron chi connectivity index (χ4n) is 3.06. The van der Waals surface area contributed by atoms with Crippen molar-refractivity contribution in [2.24, 2.45) is 11.7 Å². The van der Waals surface area contributed by atoms with Crippen LogP contribution in [0.3, 0.4) is 0 Å². The van der Waals surface area contributed by atoms with Gasteiger partial charge < -0.3 is 10.6 Å². The minimum Gasteiger partial charge on any atom is -0.343 e. The van der Waals surface area contributed by atoms with Crippen LogP contribution >= 0.6 is 12.4 Å². The summed E-state index contributed by atoms with van der Waals surface area (Å²) in [5.41, 5.74) is 7.20. The van der Waals surface area contributed by atoms with Gasteiger partial charge in [-0.15, -0.1) is 12.4 Å². The molecule has 1 amide bonds. The highest BCUT2D eigenvalue weighted by molar-refractivity contribution is 5.85. The monoisotopic (exact) mass is 296 g/mol. The molecule has 0 radical (unpaired) electrons. The highest BCUT2D eigenvalue weighted by Gasteiger charge is 2.53. The lowest BCUT2D eigenvalue weighted by Crippen LogP contribution is -2.44. The molecule has 1 fully saturated rings. The lowest BCUT2D eigenvalue weighted by Gasteiger charge is -2.30. The summed E-state index contributed by atoms with van der Waals surface area (Å²) in [4.78, 5) is 14.5. The van der Waals surface area contributed by atoms with E-state index >= 15 is 0 Å². The molecule has 1 aliphatic carbocycles. The highest BCUT2D eigenvalue weighted by Crippen LogP contribution is 2.54. The summed E-state index contributed by atoms with van der Waals surface area (Å²) in [5, 5.41) is 0. The van der Waals surface area contributed by atoms with Gasteiger partial charge >= 0.3 is 0 Å². The zero-order valence-electron chi connectivity index (χ0n) is 12.3. The van der Waals surface area contributed by atoms with Crippen molar-refractivity contribution in [3.05, 3.63) is 35.9 Å². The van der Waals surface area contributed by atoms with Crippen molar-refractivity contribution >= 4 is 18.3 Å². The molecule has 2 rings (SSSR count). The number of hydrogen-bond donors (Lipinski definition) is 1. The van der Waals surface area contributed by atoms with Gasteiger partial charge in [0.15, 0.2) is 0 Å². The van der Waals surface area contributed by atoms with Gasteiger partial charge in [-0.25, -0.2) is 0 Å². The summed E-state index contributed by atoms with van der Waals surface area (Å²) in [6, 6.07) is 10.4. The van der Waals surface area contributed by atoms with Crippen LogP contribution in [0.5, 0.6) is 0 Å². The Morgan fingerprint density at radius 2 is 1.80 bits per heavy atom. The molecule has 0 heterocycles. The first kappa shape index (κ1) is 17.0. The van der Waals surface area contributed by atoms with Crippen molar-refractivity contribution in [1.29, 1.82) is 0 Å². The van der Waals surface area contributed by atoms with Crippen LogP contribution in [0.15, 0.2) is 30.3 Å². The highest BCUT2D eigenvalue weighted by atomic mass is 35.5. The first-order valence-corrected chi connectivity index (χ1v) is 7.24. The van der Waals surface area contributed by atoms with Crippen molar-refractivity contribution < 1.29 is 4.79 Å². The van der Waals surface area contributed by atoms with Crippen molar-refractivity contribution in [2.45, 2.75) is 32.1 Å². The second kappa shape index (κ2) is 7.09. The summed E-state index contributed by atoms with van der Waals surface area (Å²) >= 11 is 0. The summed E-state index contributed by atoms with van der Waals surface area (Å²) in [6.45, 7) is 6.01. The third kappa shape index (κ3) is 2.99. The van der Waals surface area contributed by atoms with Gasteiger partial charge in [0.1, 0.15) is 0 Å². The predicted octanol–water partition coefficient (Wildman–Crippen LogP) is 2.58. The fraction of sp³-hybridized carbons (Fsp3) is 0.562. The van der Waals surface area contributed by atoms with Crippen molar-refractivity contribution in [2.75, 3.05) is 19.6 Å². The molecule has 0 aliphatic heterocycles. The second-order valence-electron chi connectivity index (χ2n) is 5.32. The molecule has 1 unspecified atom stereocenters. The molecular weight excluding hydrogens is 272 g/mol. The number of carbonyl (C=O) groups excluding carboxylic acids is 1. The van der Waals surface area contributed by atoms with Gasteiger partial charge in [0.05, 0.1) is 5.92 Å².